The number of anilines is 1. The van der Waals surface area contributed by atoms with E-state index in [-0.39, 0.29) is 23.8 Å². The number of nitrogens with zero attached hydrogens (tertiary/aromatic N) is 2. The lowest BCUT2D eigenvalue weighted by Gasteiger charge is -2.40. The Labute approximate surface area is 176 Å². The maximum Gasteiger partial charge on any atom is 0.338 e. The molecule has 3 rings (SSSR count). The van der Waals surface area contributed by atoms with E-state index in [1.165, 1.54) is 0 Å². The lowest BCUT2D eigenvalue weighted by molar-refractivity contribution is -0.141. The Balaban J connectivity index is 2.00. The molecule has 1 atom stereocenters. The monoisotopic (exact) mass is 415 g/mol. The van der Waals surface area contributed by atoms with Gasteiger partial charge in [0.05, 0.1) is 23.9 Å². The van der Waals surface area contributed by atoms with Gasteiger partial charge in [0, 0.05) is 24.4 Å². The molecule has 29 heavy (non-hydrogen) atoms. The molecule has 0 bridgehead atoms. The van der Waals surface area contributed by atoms with Crippen LogP contribution in [0, 0.1) is 5.92 Å². The number of esters is 1. The molecule has 2 heterocycles. The summed E-state index contributed by atoms with van der Waals surface area (Å²) in [5.41, 5.74) is 2.96. The van der Waals surface area contributed by atoms with E-state index in [0.717, 1.165) is 35.1 Å². The van der Waals surface area contributed by atoms with Gasteiger partial charge < -0.3 is 15.0 Å². The lowest BCUT2D eigenvalue weighted by Crippen LogP contribution is -2.42. The molecule has 0 saturated carbocycles. The fraction of sp³-hybridized carbons (Fsp3) is 0.500. The SMILES string of the molecule is CCC(=O)Nc1cccc(C2C(C(=O)OCC(C)C)=C(C)N=C3SCCCN32)c1. The second-order valence-electron chi connectivity index (χ2n) is 7.71. The number of amides is 1. The number of carbonyl (C=O) groups excluding carboxylic acids is 2. The van der Waals surface area contributed by atoms with E-state index in [2.05, 4.69) is 10.2 Å². The minimum atomic E-state index is -0.317. The average Bonchev–Trinajstić information content (AvgIpc) is 2.71. The summed E-state index contributed by atoms with van der Waals surface area (Å²) < 4.78 is 5.59. The first-order chi connectivity index (χ1) is 13.9. The third kappa shape index (κ3) is 5.01. The molecule has 7 heteroatoms. The highest BCUT2D eigenvalue weighted by Crippen LogP contribution is 2.40. The Hall–Kier alpha value is -2.28. The molecule has 1 unspecified atom stereocenters. The number of thioether (sulfide) groups is 1. The van der Waals surface area contributed by atoms with Gasteiger partial charge in [0.25, 0.3) is 0 Å². The Morgan fingerprint density at radius 3 is 2.90 bits per heavy atom. The molecule has 1 aromatic carbocycles. The third-order valence-electron chi connectivity index (χ3n) is 4.83. The molecule has 1 saturated heterocycles. The number of ether oxygens (including phenoxy) is 1. The van der Waals surface area contributed by atoms with Crippen LogP contribution in [0.2, 0.25) is 0 Å². The van der Waals surface area contributed by atoms with Gasteiger partial charge in [-0.05, 0) is 37.0 Å². The first kappa shape index (κ1) is 21.4. The quantitative estimate of drug-likeness (QED) is 0.699. The first-order valence-electron chi connectivity index (χ1n) is 10.2. The summed E-state index contributed by atoms with van der Waals surface area (Å²) >= 11 is 1.72. The molecular weight excluding hydrogens is 386 g/mol. The smallest absolute Gasteiger partial charge is 0.338 e. The van der Waals surface area contributed by atoms with E-state index >= 15 is 0 Å². The maximum absolute atomic E-state index is 13.0. The number of hydrogen-bond donors (Lipinski definition) is 1. The van der Waals surface area contributed by atoms with E-state index in [1.807, 2.05) is 52.0 Å². The Kier molecular flexibility index (Phi) is 7.00. The Bertz CT molecular complexity index is 847. The van der Waals surface area contributed by atoms with Gasteiger partial charge in [0.2, 0.25) is 5.91 Å². The van der Waals surface area contributed by atoms with Crippen molar-refractivity contribution in [2.24, 2.45) is 10.9 Å². The second kappa shape index (κ2) is 9.48. The minimum Gasteiger partial charge on any atom is -0.462 e. The predicted molar refractivity (Wildman–Crippen MR) is 118 cm³/mol. The van der Waals surface area contributed by atoms with Gasteiger partial charge in [-0.25, -0.2) is 9.79 Å². The average molecular weight is 416 g/mol. The number of allylic oxidation sites excluding steroid dienone is 1. The zero-order valence-electron chi connectivity index (χ0n) is 17.5. The fourth-order valence-electron chi connectivity index (χ4n) is 3.43. The number of carbonyl (C=O) groups is 2. The number of nitrogens with one attached hydrogen (secondary N) is 1. The third-order valence-corrected chi connectivity index (χ3v) is 5.91. The van der Waals surface area contributed by atoms with E-state index in [9.17, 15) is 9.59 Å². The number of aliphatic imine (C=N–C) groups is 1. The van der Waals surface area contributed by atoms with Crippen LogP contribution in [0.15, 0.2) is 40.5 Å². The minimum absolute atomic E-state index is 0.0372. The molecule has 1 fully saturated rings. The molecule has 1 amide bonds. The lowest BCUT2D eigenvalue weighted by atomic mass is 9.94. The summed E-state index contributed by atoms with van der Waals surface area (Å²) in [6.45, 7) is 8.94. The molecule has 6 nitrogen and oxygen atoms in total. The van der Waals surface area contributed by atoms with Gasteiger partial charge in [-0.2, -0.15) is 0 Å². The van der Waals surface area contributed by atoms with Crippen LogP contribution in [-0.2, 0) is 14.3 Å². The van der Waals surface area contributed by atoms with Crippen molar-refractivity contribution in [3.05, 3.63) is 41.1 Å². The predicted octanol–water partition coefficient (Wildman–Crippen LogP) is 4.36. The van der Waals surface area contributed by atoms with Crippen molar-refractivity contribution in [1.29, 1.82) is 0 Å². The van der Waals surface area contributed by atoms with E-state index in [0.29, 0.717) is 24.3 Å². The highest BCUT2D eigenvalue weighted by molar-refractivity contribution is 8.13. The van der Waals surface area contributed by atoms with Crippen LogP contribution in [-0.4, -0.2) is 40.8 Å². The molecule has 2 aliphatic rings. The zero-order valence-corrected chi connectivity index (χ0v) is 18.3. The van der Waals surface area contributed by atoms with Crippen LogP contribution >= 0.6 is 11.8 Å². The van der Waals surface area contributed by atoms with Crippen molar-refractivity contribution in [3.8, 4) is 0 Å². The number of rotatable bonds is 6. The molecule has 0 radical (unpaired) electrons. The van der Waals surface area contributed by atoms with Gasteiger partial charge in [-0.1, -0.05) is 44.7 Å². The molecule has 0 aliphatic carbocycles. The molecule has 0 spiro atoms. The molecule has 156 valence electrons. The molecule has 1 aromatic rings. The topological polar surface area (TPSA) is 71.0 Å². The summed E-state index contributed by atoms with van der Waals surface area (Å²) in [6.07, 6.45) is 1.44. The van der Waals surface area contributed by atoms with Crippen molar-refractivity contribution < 1.29 is 14.3 Å². The zero-order chi connectivity index (χ0) is 21.0. The van der Waals surface area contributed by atoms with Crippen LogP contribution in [0.4, 0.5) is 5.69 Å². The first-order valence-corrected chi connectivity index (χ1v) is 11.1. The van der Waals surface area contributed by atoms with Gasteiger partial charge in [-0.3, -0.25) is 4.79 Å². The number of hydrogen-bond acceptors (Lipinski definition) is 6. The highest BCUT2D eigenvalue weighted by Gasteiger charge is 2.38. The summed E-state index contributed by atoms with van der Waals surface area (Å²) in [4.78, 5) is 31.8. The van der Waals surface area contributed by atoms with Crippen molar-refractivity contribution in [1.82, 2.24) is 4.90 Å². The van der Waals surface area contributed by atoms with Crippen molar-refractivity contribution >= 4 is 34.5 Å². The van der Waals surface area contributed by atoms with Crippen LogP contribution in [0.3, 0.4) is 0 Å². The summed E-state index contributed by atoms with van der Waals surface area (Å²) in [6, 6.07) is 7.46. The standard InChI is InChI=1S/C22H29N3O3S/c1-5-18(26)24-17-9-6-8-16(12-17)20-19(21(27)28-13-14(2)3)15(4)23-22-25(20)10-7-11-29-22/h6,8-9,12,14,20H,5,7,10-11,13H2,1-4H3,(H,24,26). The summed E-state index contributed by atoms with van der Waals surface area (Å²) in [5, 5.41) is 3.86. The van der Waals surface area contributed by atoms with E-state index in [1.54, 1.807) is 11.8 Å². The number of benzene rings is 1. The highest BCUT2D eigenvalue weighted by atomic mass is 32.2. The van der Waals surface area contributed by atoms with Gasteiger partial charge in [0.15, 0.2) is 5.17 Å². The number of fused-ring (bicyclic) bond motifs is 1. The summed E-state index contributed by atoms with van der Waals surface area (Å²) in [5.74, 6) is 0.932. The molecule has 0 aromatic heterocycles. The van der Waals surface area contributed by atoms with Crippen LogP contribution < -0.4 is 5.32 Å². The van der Waals surface area contributed by atoms with Crippen molar-refractivity contribution in [2.45, 2.75) is 46.6 Å². The Morgan fingerprint density at radius 2 is 2.17 bits per heavy atom. The maximum atomic E-state index is 13.0. The normalized spacial score (nSPS) is 19.0. The van der Waals surface area contributed by atoms with Gasteiger partial charge >= 0.3 is 5.97 Å². The molecule has 1 N–H and O–H groups in total. The molecule has 2 aliphatic heterocycles. The van der Waals surface area contributed by atoms with E-state index < -0.39 is 0 Å². The number of amidine groups is 1. The van der Waals surface area contributed by atoms with Crippen LogP contribution in [0.1, 0.15) is 52.1 Å². The van der Waals surface area contributed by atoms with Crippen molar-refractivity contribution in [3.63, 3.8) is 0 Å². The largest absolute Gasteiger partial charge is 0.462 e. The van der Waals surface area contributed by atoms with Crippen molar-refractivity contribution in [2.75, 3.05) is 24.2 Å². The van der Waals surface area contributed by atoms with Crippen LogP contribution in [0.5, 0.6) is 0 Å². The second-order valence-corrected chi connectivity index (χ2v) is 8.77. The summed E-state index contributed by atoms with van der Waals surface area (Å²) in [7, 11) is 0. The van der Waals surface area contributed by atoms with E-state index in [4.69, 9.17) is 9.73 Å². The van der Waals surface area contributed by atoms with Gasteiger partial charge in [-0.15, -0.1) is 0 Å². The fourth-order valence-corrected chi connectivity index (χ4v) is 4.45. The van der Waals surface area contributed by atoms with Gasteiger partial charge in [0.1, 0.15) is 0 Å². The Morgan fingerprint density at radius 1 is 1.38 bits per heavy atom. The molecular formula is C22H29N3O3S. The van der Waals surface area contributed by atoms with Crippen LogP contribution in [0.25, 0.3) is 0 Å².